The number of anilines is 1. The molecule has 1 amide bonds. The Morgan fingerprint density at radius 3 is 2.83 bits per heavy atom. The molecule has 2 aliphatic carbocycles. The van der Waals surface area contributed by atoms with Crippen molar-refractivity contribution >= 4 is 11.6 Å². The highest BCUT2D eigenvalue weighted by molar-refractivity contribution is 6.09. The Balaban J connectivity index is 1.65. The largest absolute Gasteiger partial charge is 0.396 e. The van der Waals surface area contributed by atoms with E-state index in [4.69, 9.17) is 0 Å². The summed E-state index contributed by atoms with van der Waals surface area (Å²) in [6.45, 7) is 1.48. The topological polar surface area (TPSA) is 72.8 Å². The van der Waals surface area contributed by atoms with Gasteiger partial charge in [0.15, 0.2) is 0 Å². The van der Waals surface area contributed by atoms with Crippen molar-refractivity contribution in [2.45, 2.75) is 31.3 Å². The van der Waals surface area contributed by atoms with Crippen molar-refractivity contribution < 1.29 is 15.0 Å². The van der Waals surface area contributed by atoms with Crippen LogP contribution in [0.5, 0.6) is 0 Å². The summed E-state index contributed by atoms with van der Waals surface area (Å²) < 4.78 is 0. The second-order valence-electron chi connectivity index (χ2n) is 8.53. The highest BCUT2D eigenvalue weighted by Crippen LogP contribution is 2.55. The Hall–Kier alpha value is -2.89. The molecule has 2 aromatic carbocycles. The minimum absolute atomic E-state index is 0.0153. The molecule has 152 valence electrons. The van der Waals surface area contributed by atoms with Crippen molar-refractivity contribution in [1.29, 1.82) is 0 Å². The van der Waals surface area contributed by atoms with Crippen LogP contribution in [0.3, 0.4) is 0 Å². The van der Waals surface area contributed by atoms with E-state index in [9.17, 15) is 15.0 Å². The zero-order valence-electron chi connectivity index (χ0n) is 16.7. The van der Waals surface area contributed by atoms with Crippen molar-refractivity contribution in [2.24, 2.45) is 0 Å². The van der Waals surface area contributed by atoms with Crippen molar-refractivity contribution in [3.05, 3.63) is 75.9 Å². The Morgan fingerprint density at radius 2 is 2.00 bits per heavy atom. The minimum Gasteiger partial charge on any atom is -0.396 e. The number of benzene rings is 2. The van der Waals surface area contributed by atoms with E-state index in [1.165, 1.54) is 27.9 Å². The van der Waals surface area contributed by atoms with Crippen molar-refractivity contribution in [3.63, 3.8) is 0 Å². The standard InChI is InChI=1S/C25H24N2O3/c28-9-3-8-27-20-7-6-14(13-29)10-17(20)22-19-12-26-25(30)23(19)21-16-5-2-1-4-15(16)11-18(21)24(22)27/h1-2,4-7,10,17,20,28-29H,3,8-9,11-13H2,(H,26,30). The number of carbonyl (C=O) groups is 1. The minimum atomic E-state index is 0.0153. The summed E-state index contributed by atoms with van der Waals surface area (Å²) in [5.41, 5.74) is 10.1. The van der Waals surface area contributed by atoms with Crippen LogP contribution in [0.4, 0.5) is 5.69 Å². The average Bonchev–Trinajstić information content (AvgIpc) is 3.43. The monoisotopic (exact) mass is 400 g/mol. The molecule has 2 aromatic rings. The fourth-order valence-electron chi connectivity index (χ4n) is 5.85. The van der Waals surface area contributed by atoms with E-state index in [1.807, 2.05) is 12.1 Å². The van der Waals surface area contributed by atoms with Crippen LogP contribution in [-0.4, -0.2) is 41.9 Å². The smallest absolute Gasteiger partial charge is 0.252 e. The van der Waals surface area contributed by atoms with Crippen LogP contribution in [0.2, 0.25) is 0 Å². The molecule has 30 heavy (non-hydrogen) atoms. The first kappa shape index (κ1) is 17.9. The van der Waals surface area contributed by atoms with Gasteiger partial charge in [0.1, 0.15) is 0 Å². The molecule has 0 spiro atoms. The molecule has 2 heterocycles. The number of aliphatic hydroxyl groups is 2. The molecular formula is C25H24N2O3. The van der Waals surface area contributed by atoms with Crippen LogP contribution < -0.4 is 10.2 Å². The van der Waals surface area contributed by atoms with Gasteiger partial charge in [-0.25, -0.2) is 0 Å². The molecular weight excluding hydrogens is 376 g/mol. The van der Waals surface area contributed by atoms with Gasteiger partial charge in [0, 0.05) is 43.3 Å². The molecule has 4 aliphatic rings. The second-order valence-corrected chi connectivity index (χ2v) is 8.53. The van der Waals surface area contributed by atoms with E-state index < -0.39 is 0 Å². The first-order valence-corrected chi connectivity index (χ1v) is 10.7. The van der Waals surface area contributed by atoms with Gasteiger partial charge in [-0.3, -0.25) is 4.79 Å². The number of hydrogen-bond donors (Lipinski definition) is 3. The maximum Gasteiger partial charge on any atom is 0.252 e. The number of amides is 1. The molecule has 2 unspecified atom stereocenters. The second kappa shape index (κ2) is 6.56. The molecule has 0 saturated heterocycles. The van der Waals surface area contributed by atoms with Crippen LogP contribution in [0.1, 0.15) is 45.0 Å². The van der Waals surface area contributed by atoms with E-state index in [-0.39, 0.29) is 31.1 Å². The van der Waals surface area contributed by atoms with Gasteiger partial charge in [0.05, 0.1) is 18.2 Å². The highest BCUT2D eigenvalue weighted by atomic mass is 16.3. The predicted molar refractivity (Wildman–Crippen MR) is 116 cm³/mol. The van der Waals surface area contributed by atoms with Crippen LogP contribution in [0.25, 0.3) is 11.1 Å². The number of fused-ring (bicyclic) bond motifs is 10. The normalized spacial score (nSPS) is 22.3. The summed E-state index contributed by atoms with van der Waals surface area (Å²) >= 11 is 0. The van der Waals surface area contributed by atoms with E-state index in [0.29, 0.717) is 13.0 Å². The third-order valence-electron chi connectivity index (χ3n) is 7.02. The van der Waals surface area contributed by atoms with Gasteiger partial charge in [-0.2, -0.15) is 0 Å². The summed E-state index contributed by atoms with van der Waals surface area (Å²) in [6, 6.07) is 8.54. The lowest BCUT2D eigenvalue weighted by Crippen LogP contribution is -2.35. The van der Waals surface area contributed by atoms with E-state index in [1.54, 1.807) is 0 Å². The molecule has 0 fully saturated rings. The number of carbonyl (C=O) groups excluding carboxylic acids is 1. The summed E-state index contributed by atoms with van der Waals surface area (Å²) in [5, 5.41) is 22.3. The predicted octanol–water partition coefficient (Wildman–Crippen LogP) is 2.64. The van der Waals surface area contributed by atoms with Gasteiger partial charge < -0.3 is 20.4 Å². The first-order valence-electron chi connectivity index (χ1n) is 10.7. The van der Waals surface area contributed by atoms with Crippen LogP contribution in [-0.2, 0) is 13.0 Å². The van der Waals surface area contributed by atoms with Crippen LogP contribution in [0.15, 0.2) is 48.1 Å². The molecule has 6 rings (SSSR count). The zero-order chi connectivity index (χ0) is 20.4. The lowest BCUT2D eigenvalue weighted by molar-refractivity contribution is 0.0966. The maximum atomic E-state index is 12.9. The SMILES string of the molecule is O=C1NCc2c1c1c(c3c2C2C=C(CO)C=CC2N3CCCO)Cc2ccccc2-1. The number of hydrogen-bond acceptors (Lipinski definition) is 4. The number of rotatable bonds is 4. The van der Waals surface area contributed by atoms with E-state index in [0.717, 1.165) is 35.2 Å². The summed E-state index contributed by atoms with van der Waals surface area (Å²) in [6.07, 6.45) is 7.88. The Kier molecular flexibility index (Phi) is 3.92. The highest BCUT2D eigenvalue weighted by Gasteiger charge is 2.45. The molecule has 0 saturated carbocycles. The van der Waals surface area contributed by atoms with E-state index in [2.05, 4.69) is 40.6 Å². The molecule has 0 bridgehead atoms. The number of nitrogens with zero attached hydrogens (tertiary/aromatic N) is 1. The molecule has 3 N–H and O–H groups in total. The molecule has 0 radical (unpaired) electrons. The number of aliphatic hydroxyl groups excluding tert-OH is 2. The maximum absolute atomic E-state index is 12.9. The molecule has 5 nitrogen and oxygen atoms in total. The lowest BCUT2D eigenvalue weighted by atomic mass is 9.83. The van der Waals surface area contributed by atoms with Crippen molar-refractivity contribution in [3.8, 4) is 11.1 Å². The quantitative estimate of drug-likeness (QED) is 0.630. The van der Waals surface area contributed by atoms with Gasteiger partial charge in [0.2, 0.25) is 0 Å². The molecule has 2 aliphatic heterocycles. The van der Waals surface area contributed by atoms with Crippen molar-refractivity contribution in [1.82, 2.24) is 5.32 Å². The van der Waals surface area contributed by atoms with Crippen LogP contribution in [0, 0.1) is 0 Å². The lowest BCUT2D eigenvalue weighted by Gasteiger charge is -2.30. The average molecular weight is 400 g/mol. The molecule has 0 aromatic heterocycles. The zero-order valence-corrected chi connectivity index (χ0v) is 16.7. The van der Waals surface area contributed by atoms with E-state index >= 15 is 0 Å². The Labute approximate surface area is 175 Å². The third kappa shape index (κ3) is 2.27. The Morgan fingerprint density at radius 1 is 1.13 bits per heavy atom. The fourth-order valence-corrected chi connectivity index (χ4v) is 5.85. The Bertz CT molecular complexity index is 1150. The molecule has 2 atom stereocenters. The van der Waals surface area contributed by atoms with Gasteiger partial charge in [0.25, 0.3) is 5.91 Å². The fraction of sp³-hybridized carbons (Fsp3) is 0.320. The van der Waals surface area contributed by atoms with Gasteiger partial charge in [-0.1, -0.05) is 42.5 Å². The number of nitrogens with one attached hydrogen (secondary N) is 1. The summed E-state index contributed by atoms with van der Waals surface area (Å²) in [5.74, 6) is 0.130. The first-order chi connectivity index (χ1) is 14.7. The third-order valence-corrected chi connectivity index (χ3v) is 7.02. The van der Waals surface area contributed by atoms with Gasteiger partial charge >= 0.3 is 0 Å². The summed E-state index contributed by atoms with van der Waals surface area (Å²) in [4.78, 5) is 15.4. The van der Waals surface area contributed by atoms with Crippen molar-refractivity contribution in [2.75, 3.05) is 24.7 Å². The molecule has 5 heteroatoms. The van der Waals surface area contributed by atoms with Crippen LogP contribution >= 0.6 is 0 Å². The van der Waals surface area contributed by atoms with Gasteiger partial charge in [-0.15, -0.1) is 0 Å². The van der Waals surface area contributed by atoms with Gasteiger partial charge in [-0.05, 0) is 39.8 Å². The summed E-state index contributed by atoms with van der Waals surface area (Å²) in [7, 11) is 0.